The van der Waals surface area contributed by atoms with Crippen LogP contribution in [0.3, 0.4) is 0 Å². The molecule has 0 spiro atoms. The standard InChI is InChI=1S/C10H9FO/c11-8-3-1-2-7(6-8)9-4-5-10(9)12/h1-3,6,9H,4-5H2/t9-/m1/s1. The van der Waals surface area contributed by atoms with E-state index in [1.807, 2.05) is 6.07 Å². The van der Waals surface area contributed by atoms with Crippen LogP contribution in [0.15, 0.2) is 24.3 Å². The number of Topliss-reactive ketones (excluding diaryl/α,β-unsaturated/α-hetero) is 1. The van der Waals surface area contributed by atoms with E-state index in [-0.39, 0.29) is 17.5 Å². The SMILES string of the molecule is O=C1CC[C@@H]1c1cccc(F)c1. The minimum atomic E-state index is -0.257. The van der Waals surface area contributed by atoms with Gasteiger partial charge in [-0.15, -0.1) is 0 Å². The van der Waals surface area contributed by atoms with Crippen molar-refractivity contribution in [2.24, 2.45) is 0 Å². The van der Waals surface area contributed by atoms with Gasteiger partial charge in [0.25, 0.3) is 0 Å². The van der Waals surface area contributed by atoms with Crippen LogP contribution in [0.4, 0.5) is 4.39 Å². The lowest BCUT2D eigenvalue weighted by atomic mass is 9.79. The first-order valence-electron chi connectivity index (χ1n) is 4.05. The first kappa shape index (κ1) is 7.47. The molecule has 2 rings (SSSR count). The molecule has 1 atom stereocenters. The second-order valence-electron chi connectivity index (χ2n) is 3.11. The highest BCUT2D eigenvalue weighted by molar-refractivity contribution is 5.91. The Morgan fingerprint density at radius 3 is 2.75 bits per heavy atom. The molecule has 1 nitrogen and oxygen atoms in total. The molecule has 1 aromatic rings. The molecule has 62 valence electrons. The van der Waals surface area contributed by atoms with Gasteiger partial charge in [0.05, 0.1) is 0 Å². The number of hydrogen-bond donors (Lipinski definition) is 0. The summed E-state index contributed by atoms with van der Waals surface area (Å²) in [5.41, 5.74) is 0.825. The monoisotopic (exact) mass is 164 g/mol. The van der Waals surface area contributed by atoms with Crippen molar-refractivity contribution < 1.29 is 9.18 Å². The predicted octanol–water partition coefficient (Wildman–Crippen LogP) is 2.27. The van der Waals surface area contributed by atoms with Gasteiger partial charge < -0.3 is 0 Å². The molecule has 0 heterocycles. The van der Waals surface area contributed by atoms with Gasteiger partial charge in [0, 0.05) is 12.3 Å². The van der Waals surface area contributed by atoms with Crippen LogP contribution in [-0.4, -0.2) is 5.78 Å². The van der Waals surface area contributed by atoms with Crippen LogP contribution in [0.5, 0.6) is 0 Å². The Balaban J connectivity index is 2.28. The third-order valence-electron chi connectivity index (χ3n) is 2.32. The Hall–Kier alpha value is -1.18. The van der Waals surface area contributed by atoms with Crippen LogP contribution in [-0.2, 0) is 4.79 Å². The topological polar surface area (TPSA) is 17.1 Å². The molecule has 0 unspecified atom stereocenters. The van der Waals surface area contributed by atoms with E-state index in [1.165, 1.54) is 12.1 Å². The fourth-order valence-electron chi connectivity index (χ4n) is 1.48. The van der Waals surface area contributed by atoms with Gasteiger partial charge in [-0.05, 0) is 24.1 Å². The molecule has 1 aromatic carbocycles. The summed E-state index contributed by atoms with van der Waals surface area (Å²) < 4.78 is 12.7. The van der Waals surface area contributed by atoms with Gasteiger partial charge in [0.1, 0.15) is 11.6 Å². The van der Waals surface area contributed by atoms with Crippen molar-refractivity contribution in [3.8, 4) is 0 Å². The molecule has 0 aliphatic heterocycles. The van der Waals surface area contributed by atoms with Gasteiger partial charge in [-0.2, -0.15) is 0 Å². The third-order valence-corrected chi connectivity index (χ3v) is 2.32. The third kappa shape index (κ3) is 1.13. The van der Waals surface area contributed by atoms with Gasteiger partial charge in [0.2, 0.25) is 0 Å². The largest absolute Gasteiger partial charge is 0.299 e. The number of carbonyl (C=O) groups excluding carboxylic acids is 1. The number of carbonyl (C=O) groups is 1. The summed E-state index contributed by atoms with van der Waals surface area (Å²) in [7, 11) is 0. The summed E-state index contributed by atoms with van der Waals surface area (Å²) in [5.74, 6) is -0.0477. The van der Waals surface area contributed by atoms with E-state index in [2.05, 4.69) is 0 Å². The van der Waals surface area contributed by atoms with Gasteiger partial charge >= 0.3 is 0 Å². The number of ketones is 1. The van der Waals surface area contributed by atoms with E-state index in [9.17, 15) is 9.18 Å². The fourth-order valence-corrected chi connectivity index (χ4v) is 1.48. The summed E-state index contributed by atoms with van der Waals surface area (Å²) in [5, 5.41) is 0. The molecule has 1 fully saturated rings. The van der Waals surface area contributed by atoms with Gasteiger partial charge in [-0.1, -0.05) is 12.1 Å². The second kappa shape index (κ2) is 2.70. The molecule has 1 aliphatic carbocycles. The van der Waals surface area contributed by atoms with Crippen LogP contribution >= 0.6 is 0 Å². The number of rotatable bonds is 1. The van der Waals surface area contributed by atoms with Crippen LogP contribution in [0, 0.1) is 5.82 Å². The number of halogens is 1. The van der Waals surface area contributed by atoms with Gasteiger partial charge in [-0.25, -0.2) is 4.39 Å². The zero-order valence-corrected chi connectivity index (χ0v) is 6.59. The molecule has 0 aromatic heterocycles. The van der Waals surface area contributed by atoms with Crippen LogP contribution < -0.4 is 0 Å². The lowest BCUT2D eigenvalue weighted by Crippen LogP contribution is -2.23. The van der Waals surface area contributed by atoms with E-state index in [4.69, 9.17) is 0 Å². The van der Waals surface area contributed by atoms with Gasteiger partial charge in [0.15, 0.2) is 0 Å². The van der Waals surface area contributed by atoms with Gasteiger partial charge in [-0.3, -0.25) is 4.79 Å². The maximum absolute atomic E-state index is 12.7. The molecule has 1 saturated carbocycles. The minimum absolute atomic E-state index is 0.0271. The Kier molecular flexibility index (Phi) is 1.68. The van der Waals surface area contributed by atoms with Crippen molar-refractivity contribution in [1.29, 1.82) is 0 Å². The maximum atomic E-state index is 12.7. The predicted molar refractivity (Wildman–Crippen MR) is 43.4 cm³/mol. The molecule has 0 N–H and O–H groups in total. The normalized spacial score (nSPS) is 22.1. The molecule has 2 heteroatoms. The van der Waals surface area contributed by atoms with E-state index in [1.54, 1.807) is 6.07 Å². The molecule has 0 saturated heterocycles. The Morgan fingerprint density at radius 1 is 1.42 bits per heavy atom. The summed E-state index contributed by atoms with van der Waals surface area (Å²) in [6.07, 6.45) is 1.53. The van der Waals surface area contributed by atoms with E-state index < -0.39 is 0 Å². The zero-order valence-electron chi connectivity index (χ0n) is 6.59. The smallest absolute Gasteiger partial charge is 0.140 e. The first-order chi connectivity index (χ1) is 5.77. The molecule has 0 amide bonds. The Labute approximate surface area is 70.2 Å². The highest BCUT2D eigenvalue weighted by Crippen LogP contribution is 2.32. The van der Waals surface area contributed by atoms with Crippen molar-refractivity contribution in [2.75, 3.05) is 0 Å². The van der Waals surface area contributed by atoms with Crippen LogP contribution in [0.2, 0.25) is 0 Å². The maximum Gasteiger partial charge on any atom is 0.140 e. The lowest BCUT2D eigenvalue weighted by molar-refractivity contribution is -0.125. The number of benzene rings is 1. The van der Waals surface area contributed by atoms with Crippen molar-refractivity contribution in [1.82, 2.24) is 0 Å². The fraction of sp³-hybridized carbons (Fsp3) is 0.300. The minimum Gasteiger partial charge on any atom is -0.299 e. The summed E-state index contributed by atoms with van der Waals surface area (Å²) >= 11 is 0. The van der Waals surface area contributed by atoms with Crippen molar-refractivity contribution in [3.05, 3.63) is 35.6 Å². The Morgan fingerprint density at radius 2 is 2.25 bits per heavy atom. The van der Waals surface area contributed by atoms with E-state index in [0.29, 0.717) is 6.42 Å². The highest BCUT2D eigenvalue weighted by Gasteiger charge is 2.29. The summed E-state index contributed by atoms with van der Waals surface area (Å²) in [6, 6.07) is 6.30. The quantitative estimate of drug-likeness (QED) is 0.622. The molecule has 0 radical (unpaired) electrons. The Bertz CT molecular complexity index is 319. The second-order valence-corrected chi connectivity index (χ2v) is 3.11. The van der Waals surface area contributed by atoms with Crippen molar-refractivity contribution >= 4 is 5.78 Å². The molecule has 12 heavy (non-hydrogen) atoms. The highest BCUT2D eigenvalue weighted by atomic mass is 19.1. The van der Waals surface area contributed by atoms with E-state index >= 15 is 0 Å². The van der Waals surface area contributed by atoms with E-state index in [0.717, 1.165) is 12.0 Å². The molecule has 1 aliphatic rings. The molecular formula is C10H9FO. The molecule has 0 bridgehead atoms. The zero-order chi connectivity index (χ0) is 8.55. The first-order valence-corrected chi connectivity index (χ1v) is 4.05. The van der Waals surface area contributed by atoms with Crippen LogP contribution in [0.25, 0.3) is 0 Å². The number of hydrogen-bond acceptors (Lipinski definition) is 1. The summed E-state index contributed by atoms with van der Waals surface area (Å²) in [6.45, 7) is 0. The molecular weight excluding hydrogens is 155 g/mol. The average Bonchev–Trinajstić information content (AvgIpc) is 2.02. The van der Waals surface area contributed by atoms with Crippen LogP contribution in [0.1, 0.15) is 24.3 Å². The van der Waals surface area contributed by atoms with Crippen molar-refractivity contribution in [2.45, 2.75) is 18.8 Å². The summed E-state index contributed by atoms with van der Waals surface area (Å²) in [4.78, 5) is 11.0. The average molecular weight is 164 g/mol. The van der Waals surface area contributed by atoms with Crippen molar-refractivity contribution in [3.63, 3.8) is 0 Å². The lowest BCUT2D eigenvalue weighted by Gasteiger charge is -2.23.